The highest BCUT2D eigenvalue weighted by Gasteiger charge is 2.53. The fourth-order valence-corrected chi connectivity index (χ4v) is 7.14. The van der Waals surface area contributed by atoms with E-state index >= 15 is 0 Å². The lowest BCUT2D eigenvalue weighted by Gasteiger charge is -2.44. The van der Waals surface area contributed by atoms with E-state index in [9.17, 15) is 27.9 Å². The first-order valence-corrected chi connectivity index (χ1v) is 13.4. The number of aliphatic carboxylic acids is 1. The van der Waals surface area contributed by atoms with Crippen molar-refractivity contribution in [3.05, 3.63) is 69.7 Å². The third-order valence-corrected chi connectivity index (χ3v) is 9.00. The number of hydrogen-bond acceptors (Lipinski definition) is 2. The number of hydrogen-bond donors (Lipinski definition) is 1. The SMILES string of the molecule is O=C(O)[C@H]1CC[C@H](C(=O)N2CCC3(Cc4ccc(Cl)cc4)c4ccc(CC(F)(F)F)cc4CCC23)CC1. The van der Waals surface area contributed by atoms with Gasteiger partial charge in [-0.3, -0.25) is 9.59 Å². The molecule has 2 aromatic carbocycles. The highest BCUT2D eigenvalue weighted by Crippen LogP contribution is 2.50. The van der Waals surface area contributed by atoms with Crippen molar-refractivity contribution in [1.29, 1.82) is 0 Å². The molecule has 2 aliphatic carbocycles. The Kier molecular flexibility index (Phi) is 7.03. The highest BCUT2D eigenvalue weighted by molar-refractivity contribution is 6.30. The molecule has 2 fully saturated rings. The van der Waals surface area contributed by atoms with E-state index in [-0.39, 0.29) is 34.8 Å². The van der Waals surface area contributed by atoms with Crippen LogP contribution in [0.25, 0.3) is 0 Å². The lowest BCUT2D eigenvalue weighted by atomic mass is 9.63. The number of benzene rings is 2. The standard InChI is InChI=1S/C29H31ClF3NO3/c30-23-9-1-18(2-10-23)16-28-13-14-34(26(35)20-4-6-21(7-5-20)27(36)37)25(28)12-8-22-15-19(3-11-24(22)28)17-29(31,32)33/h1-3,9-11,15,20-21,25H,4-8,12-14,16-17H2,(H,36,37)/t20-,21-,25?,28?. The zero-order chi connectivity index (χ0) is 26.4. The number of carboxylic acid groups (broad SMARTS) is 1. The van der Waals surface area contributed by atoms with Crippen molar-refractivity contribution in [1.82, 2.24) is 4.90 Å². The Labute approximate surface area is 219 Å². The molecule has 0 radical (unpaired) electrons. The summed E-state index contributed by atoms with van der Waals surface area (Å²) in [4.78, 5) is 27.1. The monoisotopic (exact) mass is 533 g/mol. The van der Waals surface area contributed by atoms with E-state index in [1.54, 1.807) is 12.1 Å². The molecule has 3 aliphatic rings. The molecule has 5 rings (SSSR count). The average Bonchev–Trinajstić information content (AvgIpc) is 3.23. The van der Waals surface area contributed by atoms with Crippen LogP contribution < -0.4 is 0 Å². The van der Waals surface area contributed by atoms with Gasteiger partial charge in [-0.15, -0.1) is 0 Å². The Morgan fingerprint density at radius 1 is 0.973 bits per heavy atom. The molecule has 1 saturated carbocycles. The normalized spacial score (nSPS) is 27.5. The van der Waals surface area contributed by atoms with Crippen LogP contribution in [0.3, 0.4) is 0 Å². The van der Waals surface area contributed by atoms with Crippen LogP contribution in [0, 0.1) is 11.8 Å². The number of rotatable bonds is 5. The maximum absolute atomic E-state index is 13.7. The highest BCUT2D eigenvalue weighted by atomic mass is 35.5. The van der Waals surface area contributed by atoms with Crippen LogP contribution >= 0.6 is 11.6 Å². The maximum Gasteiger partial charge on any atom is 0.393 e. The van der Waals surface area contributed by atoms with E-state index in [1.165, 1.54) is 0 Å². The van der Waals surface area contributed by atoms with Gasteiger partial charge in [0, 0.05) is 28.9 Å². The summed E-state index contributed by atoms with van der Waals surface area (Å²) < 4.78 is 39.2. The quantitative estimate of drug-likeness (QED) is 0.486. The summed E-state index contributed by atoms with van der Waals surface area (Å²) in [5.74, 6) is -1.23. The van der Waals surface area contributed by atoms with Crippen molar-refractivity contribution < 1.29 is 27.9 Å². The number of nitrogens with zero attached hydrogens (tertiary/aromatic N) is 1. The predicted octanol–water partition coefficient (Wildman–Crippen LogP) is 6.36. The molecule has 1 amide bonds. The third-order valence-electron chi connectivity index (χ3n) is 8.75. The summed E-state index contributed by atoms with van der Waals surface area (Å²) in [5, 5.41) is 9.97. The number of amides is 1. The number of carbonyl (C=O) groups excluding carboxylic acids is 1. The second-order valence-corrected chi connectivity index (χ2v) is 11.4. The zero-order valence-electron chi connectivity index (χ0n) is 20.6. The van der Waals surface area contributed by atoms with Crippen LogP contribution in [-0.2, 0) is 34.3 Å². The minimum atomic E-state index is -4.26. The Bertz CT molecular complexity index is 1170. The fraction of sp³-hybridized carbons (Fsp3) is 0.517. The van der Waals surface area contributed by atoms with Crippen molar-refractivity contribution in [2.45, 2.75) is 75.4 Å². The van der Waals surface area contributed by atoms with Gasteiger partial charge in [-0.05, 0) is 85.8 Å². The van der Waals surface area contributed by atoms with Crippen LogP contribution in [-0.4, -0.2) is 40.6 Å². The molecule has 0 bridgehead atoms. The van der Waals surface area contributed by atoms with E-state index in [4.69, 9.17) is 11.6 Å². The molecule has 1 aliphatic heterocycles. The molecule has 1 N–H and O–H groups in total. The van der Waals surface area contributed by atoms with Gasteiger partial charge in [0.2, 0.25) is 5.91 Å². The molecule has 8 heteroatoms. The molecule has 0 spiro atoms. The van der Waals surface area contributed by atoms with E-state index in [2.05, 4.69) is 0 Å². The van der Waals surface area contributed by atoms with Crippen LogP contribution in [0.4, 0.5) is 13.2 Å². The van der Waals surface area contributed by atoms with Gasteiger partial charge in [0.15, 0.2) is 0 Å². The van der Waals surface area contributed by atoms with Crippen molar-refractivity contribution in [3.8, 4) is 0 Å². The number of alkyl halides is 3. The second kappa shape index (κ2) is 9.97. The van der Waals surface area contributed by atoms with Gasteiger partial charge in [-0.1, -0.05) is 41.9 Å². The minimum absolute atomic E-state index is 0.0474. The van der Waals surface area contributed by atoms with Crippen molar-refractivity contribution in [2.75, 3.05) is 6.54 Å². The first-order valence-electron chi connectivity index (χ1n) is 13.0. The van der Waals surface area contributed by atoms with Gasteiger partial charge in [-0.25, -0.2) is 0 Å². The number of halogens is 4. The summed E-state index contributed by atoms with van der Waals surface area (Å²) in [6.07, 6.45) is -0.259. The van der Waals surface area contributed by atoms with Gasteiger partial charge >= 0.3 is 12.1 Å². The first kappa shape index (κ1) is 26.1. The van der Waals surface area contributed by atoms with Gasteiger partial charge in [0.25, 0.3) is 0 Å². The van der Waals surface area contributed by atoms with Crippen molar-refractivity contribution in [3.63, 3.8) is 0 Å². The Balaban J connectivity index is 1.46. The Morgan fingerprint density at radius 3 is 2.27 bits per heavy atom. The smallest absolute Gasteiger partial charge is 0.393 e. The van der Waals surface area contributed by atoms with Gasteiger partial charge < -0.3 is 10.0 Å². The van der Waals surface area contributed by atoms with E-state index in [0.717, 1.165) is 23.1 Å². The van der Waals surface area contributed by atoms with Gasteiger partial charge in [-0.2, -0.15) is 13.2 Å². The van der Waals surface area contributed by atoms with E-state index < -0.39 is 18.6 Å². The van der Waals surface area contributed by atoms with Crippen molar-refractivity contribution in [2.24, 2.45) is 11.8 Å². The van der Waals surface area contributed by atoms with Crippen LogP contribution in [0.1, 0.15) is 60.8 Å². The molecule has 37 heavy (non-hydrogen) atoms. The largest absolute Gasteiger partial charge is 0.481 e. The number of aryl methyl sites for hydroxylation is 1. The lowest BCUT2D eigenvalue weighted by molar-refractivity contribution is -0.146. The number of carboxylic acids is 1. The molecule has 2 aromatic rings. The number of fused-ring (bicyclic) bond motifs is 3. The number of carbonyl (C=O) groups is 2. The zero-order valence-corrected chi connectivity index (χ0v) is 21.3. The Hall–Kier alpha value is -2.54. The topological polar surface area (TPSA) is 57.6 Å². The number of likely N-dealkylation sites (tertiary alicyclic amines) is 1. The average molecular weight is 534 g/mol. The first-order chi connectivity index (χ1) is 17.6. The van der Waals surface area contributed by atoms with Gasteiger partial charge in [0.05, 0.1) is 12.3 Å². The molecule has 2 atom stereocenters. The summed E-state index contributed by atoms with van der Waals surface area (Å²) in [6, 6.07) is 12.8. The molecule has 4 nitrogen and oxygen atoms in total. The maximum atomic E-state index is 13.7. The van der Waals surface area contributed by atoms with Gasteiger partial charge in [0.1, 0.15) is 0 Å². The lowest BCUT2D eigenvalue weighted by Crippen LogP contribution is -2.50. The molecule has 1 saturated heterocycles. The predicted molar refractivity (Wildman–Crippen MR) is 135 cm³/mol. The molecule has 198 valence electrons. The second-order valence-electron chi connectivity index (χ2n) is 11.0. The molecule has 0 aromatic heterocycles. The van der Waals surface area contributed by atoms with Crippen molar-refractivity contribution >= 4 is 23.5 Å². The van der Waals surface area contributed by atoms with Crippen LogP contribution in [0.15, 0.2) is 42.5 Å². The molecule has 2 unspecified atom stereocenters. The van der Waals surface area contributed by atoms with E-state index in [1.807, 2.05) is 35.2 Å². The van der Waals surface area contributed by atoms with Crippen LogP contribution in [0.2, 0.25) is 5.02 Å². The molecule has 1 heterocycles. The Morgan fingerprint density at radius 2 is 1.62 bits per heavy atom. The molecular formula is C29H31ClF3NO3. The van der Waals surface area contributed by atoms with E-state index in [0.29, 0.717) is 56.5 Å². The third kappa shape index (κ3) is 5.25. The van der Waals surface area contributed by atoms with Crippen LogP contribution in [0.5, 0.6) is 0 Å². The molecular weight excluding hydrogens is 503 g/mol. The summed E-state index contributed by atoms with van der Waals surface area (Å²) in [7, 11) is 0. The minimum Gasteiger partial charge on any atom is -0.481 e. The summed E-state index contributed by atoms with van der Waals surface area (Å²) in [6.45, 7) is 0.597. The fourth-order valence-electron chi connectivity index (χ4n) is 7.01. The summed E-state index contributed by atoms with van der Waals surface area (Å²) >= 11 is 6.11. The summed E-state index contributed by atoms with van der Waals surface area (Å²) in [5.41, 5.74) is 2.97.